The van der Waals surface area contributed by atoms with Gasteiger partial charge in [0.05, 0.1) is 0 Å². The van der Waals surface area contributed by atoms with E-state index in [0.29, 0.717) is 6.42 Å². The Balaban J connectivity index is 3.23. The van der Waals surface area contributed by atoms with Crippen LogP contribution in [0.5, 0.6) is 0 Å². The maximum absolute atomic E-state index is 11.3. The lowest BCUT2D eigenvalue weighted by atomic mass is 10.1. The largest absolute Gasteiger partial charge is 0.444 e. The third-order valence-corrected chi connectivity index (χ3v) is 3.15. The maximum atomic E-state index is 11.3. The lowest BCUT2D eigenvalue weighted by molar-refractivity contribution is -0.145. The Hall–Kier alpha value is -1.32. The van der Waals surface area contributed by atoms with Gasteiger partial charge in [-0.2, -0.15) is 0 Å². The van der Waals surface area contributed by atoms with Crippen LogP contribution in [0, 0.1) is 0 Å². The Morgan fingerprint density at radius 1 is 1.00 bits per heavy atom. The number of nitrogens with one attached hydrogen (secondary N) is 1. The fourth-order valence-electron chi connectivity index (χ4n) is 1.91. The predicted octanol–water partition coefficient (Wildman–Crippen LogP) is 3.71. The molecule has 0 bridgehead atoms. The molecule has 0 aliphatic carbocycles. The van der Waals surface area contributed by atoms with Crippen LogP contribution in [0.15, 0.2) is 12.7 Å². The maximum Gasteiger partial charge on any atom is 0.307 e. The second-order valence-electron chi connectivity index (χ2n) is 4.98. The molecule has 0 heterocycles. The van der Waals surface area contributed by atoms with Crippen LogP contribution in [-0.2, 0) is 14.3 Å². The lowest BCUT2D eigenvalue weighted by Gasteiger charge is -2.05. The third kappa shape index (κ3) is 13.1. The van der Waals surface area contributed by atoms with Crippen molar-refractivity contribution in [2.75, 3.05) is 6.73 Å². The van der Waals surface area contributed by atoms with Crippen molar-refractivity contribution in [2.24, 2.45) is 0 Å². The normalized spacial score (nSPS) is 10.1. The Bertz CT molecular complexity index is 277. The van der Waals surface area contributed by atoms with Crippen LogP contribution in [0.1, 0.15) is 71.1 Å². The summed E-state index contributed by atoms with van der Waals surface area (Å²) < 4.78 is 4.87. The highest BCUT2D eigenvalue weighted by atomic mass is 16.5. The van der Waals surface area contributed by atoms with Crippen molar-refractivity contribution in [3.8, 4) is 0 Å². The molecule has 0 fully saturated rings. The Kier molecular flexibility index (Phi) is 13.2. The van der Waals surface area contributed by atoms with E-state index in [2.05, 4.69) is 18.8 Å². The van der Waals surface area contributed by atoms with Crippen molar-refractivity contribution in [1.29, 1.82) is 0 Å². The number of hydrogen-bond donors (Lipinski definition) is 1. The number of hydrogen-bond acceptors (Lipinski definition) is 3. The third-order valence-electron chi connectivity index (χ3n) is 3.15. The molecule has 0 saturated heterocycles. The molecular weight excluding hydrogens is 254 g/mol. The molecule has 0 aliphatic rings. The number of amides is 1. The molecule has 0 aromatic heterocycles. The average molecular weight is 283 g/mol. The minimum Gasteiger partial charge on any atom is -0.444 e. The molecule has 0 radical (unpaired) electrons. The van der Waals surface area contributed by atoms with Gasteiger partial charge >= 0.3 is 5.97 Å². The Morgan fingerprint density at radius 2 is 1.55 bits per heavy atom. The zero-order chi connectivity index (χ0) is 15.1. The molecule has 116 valence electrons. The highest BCUT2D eigenvalue weighted by molar-refractivity contribution is 5.86. The molecule has 0 unspecified atom stereocenters. The molecule has 4 heteroatoms. The smallest absolute Gasteiger partial charge is 0.307 e. The van der Waals surface area contributed by atoms with Crippen LogP contribution in [0.2, 0.25) is 0 Å². The van der Waals surface area contributed by atoms with Crippen molar-refractivity contribution < 1.29 is 14.3 Å². The highest BCUT2D eigenvalue weighted by Gasteiger charge is 2.02. The molecular formula is C16H29NO3. The molecule has 0 aromatic carbocycles. The van der Waals surface area contributed by atoms with Crippen LogP contribution < -0.4 is 5.32 Å². The fraction of sp³-hybridized carbons (Fsp3) is 0.750. The van der Waals surface area contributed by atoms with Crippen molar-refractivity contribution in [3.05, 3.63) is 12.7 Å². The van der Waals surface area contributed by atoms with Gasteiger partial charge in [-0.25, -0.2) is 0 Å². The number of rotatable bonds is 13. The van der Waals surface area contributed by atoms with Gasteiger partial charge in [-0.3, -0.25) is 9.59 Å². The van der Waals surface area contributed by atoms with E-state index >= 15 is 0 Å². The summed E-state index contributed by atoms with van der Waals surface area (Å²) in [6, 6.07) is 0. The molecule has 20 heavy (non-hydrogen) atoms. The summed E-state index contributed by atoms with van der Waals surface area (Å²) in [6.45, 7) is 5.46. The van der Waals surface area contributed by atoms with Gasteiger partial charge < -0.3 is 10.1 Å². The zero-order valence-corrected chi connectivity index (χ0v) is 12.8. The predicted molar refractivity (Wildman–Crippen MR) is 81.1 cm³/mol. The van der Waals surface area contributed by atoms with Gasteiger partial charge in [0.1, 0.15) is 0 Å². The summed E-state index contributed by atoms with van der Waals surface area (Å²) in [7, 11) is 0. The van der Waals surface area contributed by atoms with Gasteiger partial charge in [0.15, 0.2) is 6.73 Å². The van der Waals surface area contributed by atoms with E-state index in [-0.39, 0.29) is 18.6 Å². The number of carbonyl (C=O) groups is 2. The van der Waals surface area contributed by atoms with E-state index in [4.69, 9.17) is 4.74 Å². The van der Waals surface area contributed by atoms with Gasteiger partial charge in [0.25, 0.3) is 0 Å². The Labute approximate surface area is 123 Å². The van der Waals surface area contributed by atoms with E-state index in [9.17, 15) is 9.59 Å². The minimum absolute atomic E-state index is 0.0683. The SMILES string of the molecule is C=CC(=O)NCOC(=O)CCCCCCCCCCC. The fourth-order valence-corrected chi connectivity index (χ4v) is 1.91. The number of carbonyl (C=O) groups excluding carboxylic acids is 2. The first-order valence-electron chi connectivity index (χ1n) is 7.76. The summed E-state index contributed by atoms with van der Waals surface area (Å²) in [5.74, 6) is -0.585. The van der Waals surface area contributed by atoms with Gasteiger partial charge in [0.2, 0.25) is 5.91 Å². The van der Waals surface area contributed by atoms with Crippen LogP contribution in [0.4, 0.5) is 0 Å². The van der Waals surface area contributed by atoms with Crippen molar-refractivity contribution >= 4 is 11.9 Å². The second-order valence-corrected chi connectivity index (χ2v) is 4.98. The van der Waals surface area contributed by atoms with Crippen molar-refractivity contribution in [3.63, 3.8) is 0 Å². The summed E-state index contributed by atoms with van der Waals surface area (Å²) >= 11 is 0. The van der Waals surface area contributed by atoms with Gasteiger partial charge in [0, 0.05) is 6.42 Å². The molecule has 1 amide bonds. The first-order chi connectivity index (χ1) is 9.70. The lowest BCUT2D eigenvalue weighted by Crippen LogP contribution is -2.25. The van der Waals surface area contributed by atoms with Gasteiger partial charge in [-0.05, 0) is 12.5 Å². The van der Waals surface area contributed by atoms with Gasteiger partial charge in [-0.1, -0.05) is 64.9 Å². The van der Waals surface area contributed by atoms with E-state index in [1.165, 1.54) is 44.9 Å². The first-order valence-corrected chi connectivity index (χ1v) is 7.76. The van der Waals surface area contributed by atoms with E-state index in [1.54, 1.807) is 0 Å². The van der Waals surface area contributed by atoms with E-state index in [0.717, 1.165) is 18.9 Å². The standard InChI is InChI=1S/C16H29NO3/c1-3-5-6-7-8-9-10-11-12-13-16(19)20-14-17-15(18)4-2/h4H,2-3,5-14H2,1H3,(H,17,18). The number of esters is 1. The number of unbranched alkanes of at least 4 members (excludes halogenated alkanes) is 8. The molecule has 0 aromatic rings. The van der Waals surface area contributed by atoms with E-state index < -0.39 is 0 Å². The van der Waals surface area contributed by atoms with Crippen molar-refractivity contribution in [2.45, 2.75) is 71.1 Å². The molecule has 0 spiro atoms. The van der Waals surface area contributed by atoms with Crippen molar-refractivity contribution in [1.82, 2.24) is 5.32 Å². The van der Waals surface area contributed by atoms with Crippen LogP contribution >= 0.6 is 0 Å². The molecule has 1 N–H and O–H groups in total. The zero-order valence-electron chi connectivity index (χ0n) is 12.8. The summed E-state index contributed by atoms with van der Waals surface area (Å²) in [5, 5.41) is 2.40. The highest BCUT2D eigenvalue weighted by Crippen LogP contribution is 2.10. The topological polar surface area (TPSA) is 55.4 Å². The molecule has 0 atom stereocenters. The number of ether oxygens (including phenoxy) is 1. The minimum atomic E-state index is -0.333. The quantitative estimate of drug-likeness (QED) is 0.243. The van der Waals surface area contributed by atoms with Gasteiger partial charge in [-0.15, -0.1) is 0 Å². The molecule has 0 rings (SSSR count). The molecule has 4 nitrogen and oxygen atoms in total. The summed E-state index contributed by atoms with van der Waals surface area (Å²) in [6.07, 6.45) is 12.6. The molecule has 0 aliphatic heterocycles. The average Bonchev–Trinajstić information content (AvgIpc) is 2.45. The molecule has 0 saturated carbocycles. The Morgan fingerprint density at radius 3 is 2.10 bits per heavy atom. The van der Waals surface area contributed by atoms with Crippen LogP contribution in [0.3, 0.4) is 0 Å². The summed E-state index contributed by atoms with van der Waals surface area (Å²) in [5.41, 5.74) is 0. The van der Waals surface area contributed by atoms with Crippen LogP contribution in [0.25, 0.3) is 0 Å². The monoisotopic (exact) mass is 283 g/mol. The summed E-state index contributed by atoms with van der Waals surface area (Å²) in [4.78, 5) is 22.1. The second kappa shape index (κ2) is 14.1. The van der Waals surface area contributed by atoms with Crippen LogP contribution in [-0.4, -0.2) is 18.6 Å². The first kappa shape index (κ1) is 18.7. The van der Waals surface area contributed by atoms with E-state index in [1.807, 2.05) is 0 Å².